The Bertz CT molecular complexity index is 964. The number of carbonyl (C=O) groups excluding carboxylic acids is 1. The highest BCUT2D eigenvalue weighted by Crippen LogP contribution is 2.31. The molecule has 1 amide bonds. The molecule has 112 valence electrons. The van der Waals surface area contributed by atoms with E-state index in [1.54, 1.807) is 24.3 Å². The van der Waals surface area contributed by atoms with Crippen LogP contribution in [0.5, 0.6) is 0 Å². The molecule has 0 spiro atoms. The van der Waals surface area contributed by atoms with Crippen LogP contribution in [-0.4, -0.2) is 17.1 Å². The van der Waals surface area contributed by atoms with Crippen molar-refractivity contribution in [2.24, 2.45) is 0 Å². The zero-order chi connectivity index (χ0) is 16.6. The number of anilines is 1. The Morgan fingerprint density at radius 1 is 1.09 bits per heavy atom. The van der Waals surface area contributed by atoms with Gasteiger partial charge in [0, 0.05) is 10.6 Å². The zero-order valence-electron chi connectivity index (χ0n) is 11.6. The van der Waals surface area contributed by atoms with Gasteiger partial charge in [-0.15, -0.1) is 0 Å². The van der Waals surface area contributed by atoms with Crippen LogP contribution < -0.4 is 16.3 Å². The first kappa shape index (κ1) is 14.6. The normalized spacial score (nSPS) is 12.4. The summed E-state index contributed by atoms with van der Waals surface area (Å²) in [7, 11) is 0. The number of fused-ring (bicyclic) bond motifs is 1. The van der Waals surface area contributed by atoms with Gasteiger partial charge in [0.05, 0.1) is 0 Å². The van der Waals surface area contributed by atoms with E-state index in [9.17, 15) is 20.1 Å². The highest BCUT2D eigenvalue weighted by atomic mass is 35.5. The third-order valence-electron chi connectivity index (χ3n) is 3.39. The number of hydrogen-bond donors (Lipinski definition) is 2. The van der Waals surface area contributed by atoms with Gasteiger partial charge in [-0.3, -0.25) is 9.59 Å². The average molecular weight is 326 g/mol. The summed E-state index contributed by atoms with van der Waals surface area (Å²) < 4.78 is 1.01. The minimum atomic E-state index is -0.633. The van der Waals surface area contributed by atoms with E-state index in [-0.39, 0.29) is 35.0 Å². The molecule has 2 aromatic rings. The van der Waals surface area contributed by atoms with Crippen LogP contribution in [-0.2, 0) is 4.79 Å². The molecule has 23 heavy (non-hydrogen) atoms. The maximum atomic E-state index is 12.5. The molecule has 1 aromatic carbocycles. The molecule has 1 aromatic heterocycles. The van der Waals surface area contributed by atoms with Gasteiger partial charge in [-0.2, -0.15) is 10.5 Å². The molecule has 0 unspecified atom stereocenters. The minimum Gasteiger partial charge on any atom is -0.312 e. The largest absolute Gasteiger partial charge is 0.312 e. The third kappa shape index (κ3) is 2.30. The molecule has 8 heteroatoms. The molecule has 0 aliphatic carbocycles. The van der Waals surface area contributed by atoms with Gasteiger partial charge >= 0.3 is 0 Å². The fraction of sp³-hybridized carbons (Fsp3) is 0.0667. The molecule has 7 nitrogen and oxygen atoms in total. The van der Waals surface area contributed by atoms with Gasteiger partial charge < -0.3 is 10.7 Å². The van der Waals surface area contributed by atoms with Crippen LogP contribution in [0.15, 0.2) is 29.1 Å². The second-order valence-corrected chi connectivity index (χ2v) is 5.16. The molecular weight excluding hydrogens is 318 g/mol. The van der Waals surface area contributed by atoms with Crippen molar-refractivity contribution in [1.82, 2.24) is 4.68 Å². The molecule has 0 fully saturated rings. The summed E-state index contributed by atoms with van der Waals surface area (Å²) >= 11 is 5.85. The molecule has 0 saturated carbocycles. The van der Waals surface area contributed by atoms with Crippen LogP contribution in [0.2, 0.25) is 5.02 Å². The number of nitrogens with zero attached hydrogens (tertiary/aromatic N) is 3. The number of halogens is 1. The molecule has 2 N–H and O–H groups in total. The van der Waals surface area contributed by atoms with E-state index >= 15 is 0 Å². The first-order chi connectivity index (χ1) is 11.1. The van der Waals surface area contributed by atoms with E-state index in [0.717, 1.165) is 4.68 Å². The lowest BCUT2D eigenvalue weighted by Crippen LogP contribution is -2.43. The summed E-state index contributed by atoms with van der Waals surface area (Å²) in [6.45, 7) is -0.122. The lowest BCUT2D eigenvalue weighted by Gasteiger charge is -2.23. The summed E-state index contributed by atoms with van der Waals surface area (Å²) in [5.41, 5.74) is 2.46. The number of hydrogen-bond acceptors (Lipinski definition) is 5. The van der Waals surface area contributed by atoms with Crippen molar-refractivity contribution in [2.45, 2.75) is 0 Å². The Labute approximate surface area is 135 Å². The van der Waals surface area contributed by atoms with E-state index in [4.69, 9.17) is 11.6 Å². The average Bonchev–Trinajstić information content (AvgIpc) is 2.55. The Morgan fingerprint density at radius 3 is 2.35 bits per heavy atom. The molecule has 0 radical (unpaired) electrons. The summed E-state index contributed by atoms with van der Waals surface area (Å²) in [5.74, 6) is -0.356. The van der Waals surface area contributed by atoms with Gasteiger partial charge in [0.2, 0.25) is 5.91 Å². The van der Waals surface area contributed by atoms with E-state index in [0.29, 0.717) is 10.6 Å². The van der Waals surface area contributed by atoms with Crippen LogP contribution in [0.3, 0.4) is 0 Å². The highest BCUT2D eigenvalue weighted by molar-refractivity contribution is 6.30. The number of aromatic nitrogens is 1. The molecule has 3 rings (SSSR count). The summed E-state index contributed by atoms with van der Waals surface area (Å²) in [6, 6.07) is 10.2. The summed E-state index contributed by atoms with van der Waals surface area (Å²) in [6.07, 6.45) is 0. The van der Waals surface area contributed by atoms with Crippen molar-refractivity contribution in [3.63, 3.8) is 0 Å². The van der Waals surface area contributed by atoms with Crippen LogP contribution in [0, 0.1) is 22.7 Å². The lowest BCUT2D eigenvalue weighted by molar-refractivity contribution is -0.115. The fourth-order valence-corrected chi connectivity index (χ4v) is 2.52. The van der Waals surface area contributed by atoms with Crippen molar-refractivity contribution in [3.8, 4) is 23.3 Å². The van der Waals surface area contributed by atoms with Gasteiger partial charge in [-0.1, -0.05) is 23.7 Å². The van der Waals surface area contributed by atoms with Crippen molar-refractivity contribution >= 4 is 23.3 Å². The highest BCUT2D eigenvalue weighted by Gasteiger charge is 2.26. The first-order valence-electron chi connectivity index (χ1n) is 6.49. The molecule has 0 atom stereocenters. The molecule has 0 saturated heterocycles. The van der Waals surface area contributed by atoms with Gasteiger partial charge in [0.15, 0.2) is 5.82 Å². The zero-order valence-corrected chi connectivity index (χ0v) is 12.3. The monoisotopic (exact) mass is 325 g/mol. The van der Waals surface area contributed by atoms with Crippen molar-refractivity contribution in [3.05, 3.63) is 50.8 Å². The number of amides is 1. The number of benzene rings is 1. The van der Waals surface area contributed by atoms with Crippen LogP contribution in [0.4, 0.5) is 5.82 Å². The van der Waals surface area contributed by atoms with E-state index in [1.807, 2.05) is 12.1 Å². The van der Waals surface area contributed by atoms with Gasteiger partial charge in [0.1, 0.15) is 29.8 Å². The number of nitrogens with one attached hydrogen (secondary N) is 2. The van der Waals surface area contributed by atoms with E-state index < -0.39 is 5.56 Å². The van der Waals surface area contributed by atoms with Crippen molar-refractivity contribution in [1.29, 1.82) is 10.5 Å². The van der Waals surface area contributed by atoms with E-state index in [1.165, 1.54) is 0 Å². The Balaban J connectivity index is 2.42. The maximum absolute atomic E-state index is 12.5. The predicted octanol–water partition coefficient (Wildman–Crippen LogP) is 1.41. The number of pyridine rings is 1. The summed E-state index contributed by atoms with van der Waals surface area (Å²) in [5, 5.41) is 21.9. The van der Waals surface area contributed by atoms with Crippen molar-refractivity contribution < 1.29 is 4.79 Å². The Hall–Kier alpha value is -3.29. The van der Waals surface area contributed by atoms with Gasteiger partial charge in [0.25, 0.3) is 5.56 Å². The lowest BCUT2D eigenvalue weighted by atomic mass is 9.96. The van der Waals surface area contributed by atoms with E-state index in [2.05, 4.69) is 10.7 Å². The predicted molar refractivity (Wildman–Crippen MR) is 83.4 cm³/mol. The smallest absolute Gasteiger partial charge is 0.289 e. The van der Waals surface area contributed by atoms with Crippen molar-refractivity contribution in [2.75, 3.05) is 17.3 Å². The Morgan fingerprint density at radius 2 is 1.74 bits per heavy atom. The van der Waals surface area contributed by atoms with Crippen LogP contribution in [0.1, 0.15) is 11.1 Å². The Kier molecular flexibility index (Phi) is 3.49. The number of rotatable bonds is 1. The molecule has 2 heterocycles. The first-order valence-corrected chi connectivity index (χ1v) is 6.87. The number of nitriles is 2. The number of carbonyl (C=O) groups is 1. The van der Waals surface area contributed by atoms with Crippen LogP contribution in [0.25, 0.3) is 11.1 Å². The molecule has 1 aliphatic heterocycles. The maximum Gasteiger partial charge on any atom is 0.289 e. The third-order valence-corrected chi connectivity index (χ3v) is 3.64. The SMILES string of the molecule is N#Cc1c(-c2ccc(Cl)cc2)c(C#N)c(=O)n2c1NC(=O)CN2. The minimum absolute atomic E-state index is 0.0256. The second kappa shape index (κ2) is 5.48. The second-order valence-electron chi connectivity index (χ2n) is 4.73. The standard InChI is InChI=1S/C15H8ClN5O2/c16-9-3-1-8(2-4-9)13-10(5-17)14-20-12(22)7-19-21(14)15(23)11(13)6-18/h1-4,19H,7H2,(H,20,22). The fourth-order valence-electron chi connectivity index (χ4n) is 2.39. The van der Waals surface area contributed by atoms with Gasteiger partial charge in [-0.25, -0.2) is 4.68 Å². The molecule has 0 bridgehead atoms. The quantitative estimate of drug-likeness (QED) is 0.823. The topological polar surface area (TPSA) is 111 Å². The summed E-state index contributed by atoms with van der Waals surface area (Å²) in [4.78, 5) is 24.0. The molecular formula is C15H8ClN5O2. The molecule has 1 aliphatic rings. The van der Waals surface area contributed by atoms with Crippen LogP contribution >= 0.6 is 11.6 Å². The van der Waals surface area contributed by atoms with Gasteiger partial charge in [-0.05, 0) is 17.7 Å².